The van der Waals surface area contributed by atoms with E-state index in [4.69, 9.17) is 32.7 Å². The highest BCUT2D eigenvalue weighted by Gasteiger charge is 2.11. The molecule has 0 aromatic heterocycles. The largest absolute Gasteiger partial charge is 0.493 e. The van der Waals surface area contributed by atoms with Gasteiger partial charge in [-0.15, -0.1) is 0 Å². The minimum Gasteiger partial charge on any atom is -0.493 e. The topological polar surface area (TPSA) is 59.9 Å². The number of carbonyl (C=O) groups is 1. The molecule has 3 aromatic rings. The number of benzene rings is 3. The van der Waals surface area contributed by atoms with E-state index in [1.165, 1.54) is 6.21 Å². The Bertz CT molecular complexity index is 1140. The smallest absolute Gasteiger partial charge is 0.271 e. The zero-order valence-electron chi connectivity index (χ0n) is 16.2. The molecule has 5 nitrogen and oxygen atoms in total. The molecule has 9 heteroatoms. The molecule has 3 aromatic carbocycles. The van der Waals surface area contributed by atoms with Gasteiger partial charge in [-0.05, 0) is 64.0 Å². The molecule has 0 bridgehead atoms. The summed E-state index contributed by atoms with van der Waals surface area (Å²) in [6.07, 6.45) is 1.52. The molecule has 0 aliphatic rings. The van der Waals surface area contributed by atoms with Crippen molar-refractivity contribution in [2.45, 2.75) is 6.61 Å². The Hall–Kier alpha value is -2.06. The third kappa shape index (κ3) is 6.46. The number of ether oxygens (including phenoxy) is 2. The normalized spacial score (nSPS) is 10.9. The molecule has 0 saturated carbocycles. The predicted octanol–water partition coefficient (Wildman–Crippen LogP) is 6.87. The molecule has 3 rings (SSSR count). The first-order valence-corrected chi connectivity index (χ1v) is 11.2. The molecule has 0 saturated heterocycles. The lowest BCUT2D eigenvalue weighted by Gasteiger charge is -2.13. The Morgan fingerprint density at radius 2 is 1.87 bits per heavy atom. The maximum Gasteiger partial charge on any atom is 0.271 e. The van der Waals surface area contributed by atoms with Gasteiger partial charge in [0.15, 0.2) is 11.5 Å². The van der Waals surface area contributed by atoms with E-state index < -0.39 is 0 Å². The van der Waals surface area contributed by atoms with Crippen molar-refractivity contribution in [3.8, 4) is 11.5 Å². The Labute approximate surface area is 206 Å². The lowest BCUT2D eigenvalue weighted by molar-refractivity contribution is 0.0955. The zero-order valence-corrected chi connectivity index (χ0v) is 20.8. The number of amides is 1. The Balaban J connectivity index is 1.70. The van der Waals surface area contributed by atoms with E-state index in [1.807, 2.05) is 12.1 Å². The molecular weight excluding hydrogens is 571 g/mol. The van der Waals surface area contributed by atoms with Crippen LogP contribution in [0.25, 0.3) is 0 Å². The zero-order chi connectivity index (χ0) is 22.4. The number of nitrogens with one attached hydrogen (secondary N) is 1. The summed E-state index contributed by atoms with van der Waals surface area (Å²) in [5, 5.41) is 4.98. The van der Waals surface area contributed by atoms with E-state index in [0.717, 1.165) is 14.5 Å². The average molecular weight is 587 g/mol. The van der Waals surface area contributed by atoms with Crippen LogP contribution < -0.4 is 14.9 Å². The van der Waals surface area contributed by atoms with Crippen LogP contribution in [0.4, 0.5) is 0 Å². The van der Waals surface area contributed by atoms with Crippen molar-refractivity contribution < 1.29 is 14.3 Å². The molecule has 0 aliphatic heterocycles. The molecule has 31 heavy (non-hydrogen) atoms. The Morgan fingerprint density at radius 1 is 1.06 bits per heavy atom. The quantitative estimate of drug-likeness (QED) is 0.243. The van der Waals surface area contributed by atoms with Crippen molar-refractivity contribution in [2.75, 3.05) is 7.11 Å². The number of hydrogen-bond acceptors (Lipinski definition) is 4. The van der Waals surface area contributed by atoms with Gasteiger partial charge in [-0.2, -0.15) is 5.10 Å². The van der Waals surface area contributed by atoms with Gasteiger partial charge in [0.2, 0.25) is 0 Å². The lowest BCUT2D eigenvalue weighted by atomic mass is 10.2. The van der Waals surface area contributed by atoms with Crippen molar-refractivity contribution in [1.82, 2.24) is 5.43 Å². The summed E-state index contributed by atoms with van der Waals surface area (Å²) >= 11 is 18.8. The third-order valence-electron chi connectivity index (χ3n) is 4.12. The number of halogens is 4. The fraction of sp³-hybridized carbons (Fsp3) is 0.0909. The van der Waals surface area contributed by atoms with Crippen molar-refractivity contribution in [2.24, 2.45) is 5.10 Å². The predicted molar refractivity (Wildman–Crippen MR) is 131 cm³/mol. The molecule has 160 valence electrons. The first-order valence-electron chi connectivity index (χ1n) is 8.90. The van der Waals surface area contributed by atoms with Gasteiger partial charge in [0.05, 0.1) is 23.4 Å². The van der Waals surface area contributed by atoms with Gasteiger partial charge in [-0.1, -0.05) is 51.3 Å². The maximum absolute atomic E-state index is 12.2. The number of rotatable bonds is 7. The first kappa shape index (κ1) is 23.6. The van der Waals surface area contributed by atoms with Gasteiger partial charge in [0, 0.05) is 20.1 Å². The van der Waals surface area contributed by atoms with E-state index in [9.17, 15) is 4.79 Å². The van der Waals surface area contributed by atoms with Gasteiger partial charge >= 0.3 is 0 Å². The molecule has 0 atom stereocenters. The second-order valence-electron chi connectivity index (χ2n) is 6.27. The molecule has 0 aliphatic carbocycles. The second kappa shape index (κ2) is 11.0. The average Bonchev–Trinajstić information content (AvgIpc) is 2.75. The van der Waals surface area contributed by atoms with E-state index in [0.29, 0.717) is 32.7 Å². The van der Waals surface area contributed by atoms with Crippen LogP contribution in [0.5, 0.6) is 11.5 Å². The minimum absolute atomic E-state index is 0.288. The van der Waals surface area contributed by atoms with Gasteiger partial charge in [0.1, 0.15) is 6.61 Å². The molecule has 0 unspecified atom stereocenters. The summed E-state index contributed by atoms with van der Waals surface area (Å²) in [5.74, 6) is 0.737. The molecule has 0 heterocycles. The summed E-state index contributed by atoms with van der Waals surface area (Å²) in [4.78, 5) is 12.2. The molecule has 1 N–H and O–H groups in total. The van der Waals surface area contributed by atoms with Crippen LogP contribution in [-0.4, -0.2) is 19.2 Å². The van der Waals surface area contributed by atoms with Gasteiger partial charge < -0.3 is 9.47 Å². The minimum atomic E-state index is -0.317. The van der Waals surface area contributed by atoms with Crippen molar-refractivity contribution in [1.29, 1.82) is 0 Å². The van der Waals surface area contributed by atoms with Crippen LogP contribution in [0, 0.1) is 0 Å². The lowest BCUT2D eigenvalue weighted by Crippen LogP contribution is -2.17. The SMILES string of the molecule is COc1cc(/C=N/NC(=O)c2cccc(Br)c2)c(Br)cc1OCc1ccc(Cl)c(Cl)c1. The van der Waals surface area contributed by atoms with Gasteiger partial charge in [0.25, 0.3) is 5.91 Å². The monoisotopic (exact) mass is 584 g/mol. The second-order valence-corrected chi connectivity index (χ2v) is 8.86. The highest BCUT2D eigenvalue weighted by atomic mass is 79.9. The first-order chi connectivity index (χ1) is 14.9. The number of nitrogens with zero attached hydrogens (tertiary/aromatic N) is 1. The molecule has 1 amide bonds. The molecule has 0 radical (unpaired) electrons. The van der Waals surface area contributed by atoms with E-state index in [-0.39, 0.29) is 12.5 Å². The van der Waals surface area contributed by atoms with Crippen molar-refractivity contribution in [3.63, 3.8) is 0 Å². The van der Waals surface area contributed by atoms with Crippen LogP contribution in [-0.2, 0) is 6.61 Å². The highest BCUT2D eigenvalue weighted by Crippen LogP contribution is 2.34. The van der Waals surface area contributed by atoms with Gasteiger partial charge in [-0.25, -0.2) is 5.43 Å². The van der Waals surface area contributed by atoms with E-state index in [1.54, 1.807) is 49.6 Å². The number of hydrazone groups is 1. The van der Waals surface area contributed by atoms with Crippen LogP contribution in [0.1, 0.15) is 21.5 Å². The highest BCUT2D eigenvalue weighted by molar-refractivity contribution is 9.10. The fourth-order valence-electron chi connectivity index (χ4n) is 2.57. The van der Waals surface area contributed by atoms with Crippen molar-refractivity contribution in [3.05, 3.63) is 90.3 Å². The number of carbonyl (C=O) groups excluding carboxylic acids is 1. The summed E-state index contributed by atoms with van der Waals surface area (Å²) in [7, 11) is 1.55. The summed E-state index contributed by atoms with van der Waals surface area (Å²) < 4.78 is 12.8. The molecule has 0 fully saturated rings. The van der Waals surface area contributed by atoms with E-state index in [2.05, 4.69) is 42.4 Å². The third-order valence-corrected chi connectivity index (χ3v) is 6.04. The fourth-order valence-corrected chi connectivity index (χ4v) is 3.71. The van der Waals surface area contributed by atoms with Crippen LogP contribution in [0.3, 0.4) is 0 Å². The Morgan fingerprint density at radius 3 is 2.58 bits per heavy atom. The summed E-state index contributed by atoms with van der Waals surface area (Å²) in [6, 6.07) is 15.9. The molecule has 0 spiro atoms. The number of hydrogen-bond donors (Lipinski definition) is 1. The van der Waals surface area contributed by atoms with Gasteiger partial charge in [-0.3, -0.25) is 4.79 Å². The van der Waals surface area contributed by atoms with Crippen LogP contribution in [0.2, 0.25) is 10.0 Å². The standard InChI is InChI=1S/C22H16Br2Cl2N2O3/c1-30-20-9-15(11-27-28-22(29)14-3-2-4-16(23)8-14)17(24)10-21(20)31-12-13-5-6-18(25)19(26)7-13/h2-11H,12H2,1H3,(H,28,29)/b27-11+. The van der Waals surface area contributed by atoms with E-state index >= 15 is 0 Å². The van der Waals surface area contributed by atoms with Crippen LogP contribution in [0.15, 0.2) is 68.6 Å². The van der Waals surface area contributed by atoms with Crippen molar-refractivity contribution >= 4 is 67.2 Å². The van der Waals surface area contributed by atoms with Crippen LogP contribution >= 0.6 is 55.1 Å². The Kier molecular flexibility index (Phi) is 8.37. The summed E-state index contributed by atoms with van der Waals surface area (Å²) in [6.45, 7) is 0.288. The maximum atomic E-state index is 12.2. The molecular formula is C22H16Br2Cl2N2O3. The number of methoxy groups -OCH3 is 1. The summed E-state index contributed by atoms with van der Waals surface area (Å²) in [5.41, 5.74) is 4.57.